The van der Waals surface area contributed by atoms with Gasteiger partial charge in [-0.25, -0.2) is 9.97 Å². The summed E-state index contributed by atoms with van der Waals surface area (Å²) in [5, 5.41) is 4.90. The third kappa shape index (κ3) is 5.03. The second kappa shape index (κ2) is 12.7. The molecule has 0 fully saturated rings. The Morgan fingerprint density at radius 1 is 0.373 bits per heavy atom. The Morgan fingerprint density at radius 3 is 1.53 bits per heavy atom. The van der Waals surface area contributed by atoms with Gasteiger partial charge in [0, 0.05) is 49.3 Å². The topological polar surface area (TPSA) is 35.6 Å². The first-order valence-corrected chi connectivity index (χ1v) is 20.3. The highest BCUT2D eigenvalue weighted by molar-refractivity contribution is 6.12. The molecule has 0 atom stereocenters. The van der Waals surface area contributed by atoms with E-state index < -0.39 is 0 Å². The SMILES string of the molecule is CC1(C)c2ccccc2-c2cc3c4ccccc4n(-c4ccc(-n5c6ccccc6c6ccccc65)c(-c5nc(-c6ccccc6)cc(-c6ccccc6)n5)c4)c3cc21. The number of para-hydroxylation sites is 3. The van der Waals surface area contributed by atoms with Gasteiger partial charge in [0.25, 0.3) is 0 Å². The predicted octanol–water partition coefficient (Wildman–Crippen LogP) is 14.0. The van der Waals surface area contributed by atoms with Crippen LogP contribution in [0, 0.1) is 0 Å². The van der Waals surface area contributed by atoms with E-state index in [2.05, 4.69) is 217 Å². The first kappa shape index (κ1) is 33.6. The summed E-state index contributed by atoms with van der Waals surface area (Å²) in [7, 11) is 0. The van der Waals surface area contributed by atoms with E-state index in [0.717, 1.165) is 56.0 Å². The summed E-state index contributed by atoms with van der Waals surface area (Å²) < 4.78 is 4.84. The van der Waals surface area contributed by atoms with Crippen LogP contribution in [0.3, 0.4) is 0 Å². The first-order valence-electron chi connectivity index (χ1n) is 20.3. The molecule has 0 radical (unpaired) electrons. The minimum absolute atomic E-state index is 0.132. The molecule has 0 N–H and O–H groups in total. The molecule has 3 heterocycles. The fraction of sp³-hybridized carbons (Fsp3) is 0.0545. The third-order valence-corrected chi connectivity index (χ3v) is 12.5. The lowest BCUT2D eigenvalue weighted by molar-refractivity contribution is 0.661. The molecule has 12 rings (SSSR count). The van der Waals surface area contributed by atoms with Crippen molar-refractivity contribution in [3.05, 3.63) is 205 Å². The van der Waals surface area contributed by atoms with Crippen molar-refractivity contribution < 1.29 is 0 Å². The van der Waals surface area contributed by atoms with Gasteiger partial charge < -0.3 is 9.13 Å². The Hall–Kier alpha value is -7.56. The zero-order valence-electron chi connectivity index (χ0n) is 32.8. The lowest BCUT2D eigenvalue weighted by atomic mass is 9.82. The van der Waals surface area contributed by atoms with Crippen molar-refractivity contribution in [1.29, 1.82) is 0 Å². The van der Waals surface area contributed by atoms with Crippen molar-refractivity contribution in [3.63, 3.8) is 0 Å². The van der Waals surface area contributed by atoms with E-state index in [1.165, 1.54) is 49.3 Å². The largest absolute Gasteiger partial charge is 0.309 e. The van der Waals surface area contributed by atoms with Crippen LogP contribution in [0.1, 0.15) is 25.0 Å². The summed E-state index contributed by atoms with van der Waals surface area (Å²) in [6.45, 7) is 4.72. The molecule has 11 aromatic rings. The highest BCUT2D eigenvalue weighted by Gasteiger charge is 2.36. The minimum atomic E-state index is -0.132. The number of fused-ring (bicyclic) bond motifs is 9. The maximum atomic E-state index is 5.43. The van der Waals surface area contributed by atoms with E-state index in [0.29, 0.717) is 5.82 Å². The van der Waals surface area contributed by atoms with E-state index in [-0.39, 0.29) is 5.41 Å². The second-order valence-corrected chi connectivity index (χ2v) is 16.2. The minimum Gasteiger partial charge on any atom is -0.309 e. The Bertz CT molecular complexity index is 3350. The standard InChI is InChI=1S/C55H38N4/c1-55(2)45-25-13-9-21-38(45)42-32-43-41-24-12-14-26-49(41)58(53(43)33-46(42)55)37-29-30-52(59-50-27-15-10-22-39(50)40-23-11-16-28-51(40)59)44(31-37)54-56-47(35-17-5-3-6-18-35)34-48(57-54)36-19-7-4-8-20-36/h3-34H,1-2H3. The smallest absolute Gasteiger partial charge is 0.162 e. The summed E-state index contributed by atoms with van der Waals surface area (Å²) in [4.78, 5) is 10.9. The zero-order chi connectivity index (χ0) is 39.2. The van der Waals surface area contributed by atoms with Crippen LogP contribution < -0.4 is 0 Å². The fourth-order valence-corrected chi connectivity index (χ4v) is 9.74. The van der Waals surface area contributed by atoms with Gasteiger partial charge in [0.05, 0.1) is 39.1 Å². The van der Waals surface area contributed by atoms with E-state index >= 15 is 0 Å². The van der Waals surface area contributed by atoms with Crippen LogP contribution in [0.25, 0.3) is 100 Å². The van der Waals surface area contributed by atoms with Gasteiger partial charge in [-0.05, 0) is 76.9 Å². The maximum Gasteiger partial charge on any atom is 0.162 e. The molecule has 278 valence electrons. The van der Waals surface area contributed by atoms with E-state index in [9.17, 15) is 0 Å². The van der Waals surface area contributed by atoms with Gasteiger partial charge >= 0.3 is 0 Å². The second-order valence-electron chi connectivity index (χ2n) is 16.2. The highest BCUT2D eigenvalue weighted by atomic mass is 15.0. The maximum absolute atomic E-state index is 5.43. The van der Waals surface area contributed by atoms with Gasteiger partial charge in [0.1, 0.15) is 0 Å². The zero-order valence-corrected chi connectivity index (χ0v) is 32.8. The molecule has 59 heavy (non-hydrogen) atoms. The van der Waals surface area contributed by atoms with Crippen LogP contribution in [-0.2, 0) is 5.41 Å². The number of benzene rings is 8. The Balaban J connectivity index is 1.18. The molecule has 0 bridgehead atoms. The molecule has 3 aromatic heterocycles. The number of nitrogens with zero attached hydrogens (tertiary/aromatic N) is 4. The molecule has 8 aromatic carbocycles. The predicted molar refractivity (Wildman–Crippen MR) is 245 cm³/mol. The summed E-state index contributed by atoms with van der Waals surface area (Å²) in [6.07, 6.45) is 0. The van der Waals surface area contributed by atoms with Crippen molar-refractivity contribution >= 4 is 43.6 Å². The molecule has 1 aliphatic rings. The number of hydrogen-bond acceptors (Lipinski definition) is 2. The van der Waals surface area contributed by atoms with E-state index in [4.69, 9.17) is 9.97 Å². The van der Waals surface area contributed by atoms with Gasteiger partial charge in [0.15, 0.2) is 5.82 Å². The molecule has 1 aliphatic carbocycles. The van der Waals surface area contributed by atoms with Crippen molar-refractivity contribution in [2.45, 2.75) is 19.3 Å². The molecule has 0 saturated carbocycles. The monoisotopic (exact) mass is 754 g/mol. The van der Waals surface area contributed by atoms with E-state index in [1.54, 1.807) is 0 Å². The molecule has 4 heteroatoms. The Kier molecular flexibility index (Phi) is 7.24. The fourth-order valence-electron chi connectivity index (χ4n) is 9.74. The average Bonchev–Trinajstić information content (AvgIpc) is 3.89. The molecule has 0 saturated heterocycles. The van der Waals surface area contributed by atoms with E-state index in [1.807, 2.05) is 0 Å². The highest BCUT2D eigenvalue weighted by Crippen LogP contribution is 2.51. The first-order chi connectivity index (χ1) is 29.0. The summed E-state index contributed by atoms with van der Waals surface area (Å²) in [5.74, 6) is 0.669. The van der Waals surface area contributed by atoms with Crippen molar-refractivity contribution in [3.8, 4) is 56.4 Å². The van der Waals surface area contributed by atoms with Crippen LogP contribution in [0.2, 0.25) is 0 Å². The average molecular weight is 755 g/mol. The molecule has 4 nitrogen and oxygen atoms in total. The van der Waals surface area contributed by atoms with Crippen LogP contribution in [0.4, 0.5) is 0 Å². The van der Waals surface area contributed by atoms with Crippen molar-refractivity contribution in [2.24, 2.45) is 0 Å². The molecular formula is C55H38N4. The molecule has 0 spiro atoms. The van der Waals surface area contributed by atoms with Crippen LogP contribution in [-0.4, -0.2) is 19.1 Å². The van der Waals surface area contributed by atoms with Crippen molar-refractivity contribution in [2.75, 3.05) is 0 Å². The van der Waals surface area contributed by atoms with Crippen LogP contribution in [0.15, 0.2) is 194 Å². The van der Waals surface area contributed by atoms with Crippen LogP contribution >= 0.6 is 0 Å². The Morgan fingerprint density at radius 2 is 0.898 bits per heavy atom. The molecule has 0 aliphatic heterocycles. The normalized spacial score (nSPS) is 13.1. The summed E-state index contributed by atoms with van der Waals surface area (Å²) >= 11 is 0. The van der Waals surface area contributed by atoms with Gasteiger partial charge in [-0.15, -0.1) is 0 Å². The summed E-state index contributed by atoms with van der Waals surface area (Å²) in [6, 6.07) is 69.9. The Labute approximate surface area is 342 Å². The summed E-state index contributed by atoms with van der Waals surface area (Å²) in [5.41, 5.74) is 16.7. The number of hydrogen-bond donors (Lipinski definition) is 0. The molecule has 0 unspecified atom stereocenters. The van der Waals surface area contributed by atoms with Gasteiger partial charge in [-0.3, -0.25) is 0 Å². The van der Waals surface area contributed by atoms with Gasteiger partial charge in [-0.1, -0.05) is 153 Å². The third-order valence-electron chi connectivity index (χ3n) is 12.5. The van der Waals surface area contributed by atoms with Gasteiger partial charge in [0.2, 0.25) is 0 Å². The van der Waals surface area contributed by atoms with Crippen LogP contribution in [0.5, 0.6) is 0 Å². The lowest BCUT2D eigenvalue weighted by Gasteiger charge is -2.22. The lowest BCUT2D eigenvalue weighted by Crippen LogP contribution is -2.15. The quantitative estimate of drug-likeness (QED) is 0.175. The van der Waals surface area contributed by atoms with Crippen molar-refractivity contribution in [1.82, 2.24) is 19.1 Å². The molecule has 0 amide bonds. The molecular weight excluding hydrogens is 717 g/mol. The van der Waals surface area contributed by atoms with Gasteiger partial charge in [-0.2, -0.15) is 0 Å². The number of rotatable bonds is 5. The number of aromatic nitrogens is 4.